The van der Waals surface area contributed by atoms with E-state index < -0.39 is 0 Å². The number of aromatic nitrogens is 4. The Bertz CT molecular complexity index is 722. The highest BCUT2D eigenvalue weighted by Crippen LogP contribution is 2.21. The van der Waals surface area contributed by atoms with Gasteiger partial charge in [0.2, 0.25) is 0 Å². The van der Waals surface area contributed by atoms with Crippen molar-refractivity contribution in [3.8, 4) is 5.69 Å². The van der Waals surface area contributed by atoms with Gasteiger partial charge in [0.25, 0.3) is 0 Å². The van der Waals surface area contributed by atoms with Crippen LogP contribution in [-0.2, 0) is 0 Å². The molecular formula is C15H16N6. The van der Waals surface area contributed by atoms with E-state index in [0.717, 1.165) is 22.6 Å². The number of benzene rings is 1. The van der Waals surface area contributed by atoms with E-state index in [9.17, 15) is 0 Å². The molecular weight excluding hydrogens is 264 g/mol. The summed E-state index contributed by atoms with van der Waals surface area (Å²) in [6.45, 7) is 2.02. The lowest BCUT2D eigenvalue weighted by Gasteiger charge is -2.16. The second-order valence-corrected chi connectivity index (χ2v) is 4.76. The fourth-order valence-corrected chi connectivity index (χ4v) is 2.25. The predicted octanol–water partition coefficient (Wildman–Crippen LogP) is 1.52. The van der Waals surface area contributed by atoms with Crippen LogP contribution in [0.25, 0.3) is 5.69 Å². The zero-order valence-corrected chi connectivity index (χ0v) is 11.6. The summed E-state index contributed by atoms with van der Waals surface area (Å²) >= 11 is 0. The minimum atomic E-state index is -0.278. The maximum atomic E-state index is 5.73. The van der Waals surface area contributed by atoms with Crippen LogP contribution in [0, 0.1) is 6.92 Å². The van der Waals surface area contributed by atoms with Crippen molar-refractivity contribution in [1.29, 1.82) is 0 Å². The van der Waals surface area contributed by atoms with E-state index >= 15 is 0 Å². The van der Waals surface area contributed by atoms with Gasteiger partial charge in [-0.3, -0.25) is 10.8 Å². The summed E-state index contributed by atoms with van der Waals surface area (Å²) in [7, 11) is 0. The average molecular weight is 280 g/mol. The highest BCUT2D eigenvalue weighted by molar-refractivity contribution is 5.34. The summed E-state index contributed by atoms with van der Waals surface area (Å²) in [5.41, 5.74) is 6.51. The molecule has 6 nitrogen and oxygen atoms in total. The van der Waals surface area contributed by atoms with Crippen LogP contribution in [-0.4, -0.2) is 20.0 Å². The monoisotopic (exact) mass is 280 g/mol. The van der Waals surface area contributed by atoms with E-state index in [1.54, 1.807) is 17.1 Å². The minimum Gasteiger partial charge on any atom is -0.270 e. The number of aryl methyl sites for hydroxylation is 1. The van der Waals surface area contributed by atoms with Crippen LogP contribution in [0.15, 0.2) is 54.9 Å². The Balaban J connectivity index is 2.05. The van der Waals surface area contributed by atoms with Gasteiger partial charge in [0.1, 0.15) is 6.04 Å². The van der Waals surface area contributed by atoms with Gasteiger partial charge in [0.15, 0.2) is 0 Å². The predicted molar refractivity (Wildman–Crippen MR) is 79.5 cm³/mol. The second-order valence-electron chi connectivity index (χ2n) is 4.76. The molecule has 0 aliphatic carbocycles. The largest absolute Gasteiger partial charge is 0.270 e. The van der Waals surface area contributed by atoms with Crippen molar-refractivity contribution in [3.05, 3.63) is 71.8 Å². The summed E-state index contributed by atoms with van der Waals surface area (Å²) < 4.78 is 1.76. The van der Waals surface area contributed by atoms with Gasteiger partial charge in [-0.1, -0.05) is 23.4 Å². The minimum absolute atomic E-state index is 0.278. The molecule has 3 N–H and O–H groups in total. The molecule has 0 aliphatic heterocycles. The SMILES string of the molecule is Cc1ccnc(C(NN)c2cnnn2-c2ccccc2)c1. The smallest absolute Gasteiger partial charge is 0.107 e. The summed E-state index contributed by atoms with van der Waals surface area (Å²) in [4.78, 5) is 4.39. The number of pyridine rings is 1. The van der Waals surface area contributed by atoms with Crippen molar-refractivity contribution in [2.45, 2.75) is 13.0 Å². The van der Waals surface area contributed by atoms with Crippen molar-refractivity contribution < 1.29 is 0 Å². The van der Waals surface area contributed by atoms with Crippen LogP contribution >= 0.6 is 0 Å². The molecule has 2 heterocycles. The standard InChI is InChI=1S/C15H16N6/c1-11-7-8-17-13(9-11)15(19-16)14-10-18-20-21(14)12-5-3-2-4-6-12/h2-10,15,19H,16H2,1H3. The molecule has 0 amide bonds. The third-order valence-electron chi connectivity index (χ3n) is 3.27. The van der Waals surface area contributed by atoms with E-state index in [-0.39, 0.29) is 6.04 Å². The van der Waals surface area contributed by atoms with Crippen LogP contribution < -0.4 is 11.3 Å². The van der Waals surface area contributed by atoms with Gasteiger partial charge in [-0.25, -0.2) is 10.1 Å². The molecule has 1 unspecified atom stereocenters. The van der Waals surface area contributed by atoms with Gasteiger partial charge in [0, 0.05) is 6.20 Å². The third-order valence-corrected chi connectivity index (χ3v) is 3.27. The molecule has 3 aromatic rings. The Labute approximate surface area is 122 Å². The molecule has 6 heteroatoms. The molecule has 0 saturated carbocycles. The molecule has 0 saturated heterocycles. The molecule has 21 heavy (non-hydrogen) atoms. The Hall–Kier alpha value is -2.57. The molecule has 0 bridgehead atoms. The second kappa shape index (κ2) is 5.82. The van der Waals surface area contributed by atoms with Gasteiger partial charge >= 0.3 is 0 Å². The van der Waals surface area contributed by atoms with E-state index in [1.165, 1.54) is 0 Å². The van der Waals surface area contributed by atoms with Crippen LogP contribution in [0.4, 0.5) is 0 Å². The van der Waals surface area contributed by atoms with E-state index in [2.05, 4.69) is 20.7 Å². The van der Waals surface area contributed by atoms with Gasteiger partial charge in [-0.15, -0.1) is 5.10 Å². The van der Waals surface area contributed by atoms with Crippen LogP contribution in [0.3, 0.4) is 0 Å². The van der Waals surface area contributed by atoms with E-state index in [4.69, 9.17) is 5.84 Å². The number of nitrogens with zero attached hydrogens (tertiary/aromatic N) is 4. The Morgan fingerprint density at radius 2 is 2.00 bits per heavy atom. The number of para-hydroxylation sites is 1. The first kappa shape index (κ1) is 13.4. The number of rotatable bonds is 4. The normalized spacial score (nSPS) is 12.3. The molecule has 106 valence electrons. The maximum Gasteiger partial charge on any atom is 0.107 e. The topological polar surface area (TPSA) is 81.7 Å². The zero-order chi connectivity index (χ0) is 14.7. The lowest BCUT2D eigenvalue weighted by molar-refractivity contribution is 0.582. The quantitative estimate of drug-likeness (QED) is 0.559. The number of nitrogens with two attached hydrogens (primary N) is 1. The molecule has 0 radical (unpaired) electrons. The highest BCUT2D eigenvalue weighted by atomic mass is 15.4. The summed E-state index contributed by atoms with van der Waals surface area (Å²) in [6.07, 6.45) is 3.47. The van der Waals surface area contributed by atoms with Crippen molar-refractivity contribution >= 4 is 0 Å². The number of nitrogens with one attached hydrogen (secondary N) is 1. The van der Waals surface area contributed by atoms with Gasteiger partial charge in [-0.05, 0) is 36.8 Å². The van der Waals surface area contributed by atoms with Crippen LogP contribution in [0.5, 0.6) is 0 Å². The lowest BCUT2D eigenvalue weighted by atomic mass is 10.1. The lowest BCUT2D eigenvalue weighted by Crippen LogP contribution is -2.31. The number of hydrazine groups is 1. The first-order valence-electron chi connectivity index (χ1n) is 6.64. The molecule has 0 fully saturated rings. The van der Waals surface area contributed by atoms with E-state index in [0.29, 0.717) is 0 Å². The molecule has 0 aliphatic rings. The van der Waals surface area contributed by atoms with Crippen molar-refractivity contribution in [3.63, 3.8) is 0 Å². The Morgan fingerprint density at radius 3 is 2.71 bits per heavy atom. The van der Waals surface area contributed by atoms with Crippen LogP contribution in [0.1, 0.15) is 23.0 Å². The molecule has 1 aromatic carbocycles. The Morgan fingerprint density at radius 1 is 1.19 bits per heavy atom. The van der Waals surface area contributed by atoms with Crippen molar-refractivity contribution in [2.24, 2.45) is 5.84 Å². The first-order valence-corrected chi connectivity index (χ1v) is 6.64. The van der Waals surface area contributed by atoms with Crippen LogP contribution in [0.2, 0.25) is 0 Å². The molecule has 1 atom stereocenters. The maximum absolute atomic E-state index is 5.73. The highest BCUT2D eigenvalue weighted by Gasteiger charge is 2.20. The molecule has 3 rings (SSSR count). The van der Waals surface area contributed by atoms with E-state index in [1.807, 2.05) is 49.4 Å². The molecule has 0 spiro atoms. The van der Waals surface area contributed by atoms with Gasteiger partial charge in [-0.2, -0.15) is 0 Å². The fraction of sp³-hybridized carbons (Fsp3) is 0.133. The van der Waals surface area contributed by atoms with Crippen molar-refractivity contribution in [2.75, 3.05) is 0 Å². The average Bonchev–Trinajstić information content (AvgIpc) is 2.98. The third kappa shape index (κ3) is 2.67. The number of hydrogen-bond acceptors (Lipinski definition) is 5. The Kier molecular flexibility index (Phi) is 3.72. The molecule has 2 aromatic heterocycles. The zero-order valence-electron chi connectivity index (χ0n) is 11.6. The summed E-state index contributed by atoms with van der Waals surface area (Å²) in [6, 6.07) is 13.5. The van der Waals surface area contributed by atoms with Crippen molar-refractivity contribution in [1.82, 2.24) is 25.4 Å². The number of hydrogen-bond donors (Lipinski definition) is 2. The summed E-state index contributed by atoms with van der Waals surface area (Å²) in [5, 5.41) is 8.15. The van der Waals surface area contributed by atoms with Gasteiger partial charge in [0.05, 0.1) is 23.3 Å². The fourth-order valence-electron chi connectivity index (χ4n) is 2.25. The first-order chi connectivity index (χ1) is 10.3. The summed E-state index contributed by atoms with van der Waals surface area (Å²) in [5.74, 6) is 5.73. The van der Waals surface area contributed by atoms with Gasteiger partial charge < -0.3 is 0 Å².